The van der Waals surface area contributed by atoms with E-state index >= 15 is 0 Å². The number of nitrogens with zero attached hydrogens (tertiary/aromatic N) is 2. The second-order valence-electron chi connectivity index (χ2n) is 3.53. The van der Waals surface area contributed by atoms with E-state index in [1.165, 1.54) is 17.2 Å². The molecule has 1 amide bonds. The summed E-state index contributed by atoms with van der Waals surface area (Å²) in [6, 6.07) is 1.51. The summed E-state index contributed by atoms with van der Waals surface area (Å²) in [5.41, 5.74) is 0.305. The summed E-state index contributed by atoms with van der Waals surface area (Å²) in [6.45, 7) is 4.15. The van der Waals surface area contributed by atoms with Crippen LogP contribution in [-0.2, 0) is 4.79 Å². The minimum Gasteiger partial charge on any atom is -0.309 e. The Balaban J connectivity index is 2.29. The van der Waals surface area contributed by atoms with Crippen molar-refractivity contribution in [2.24, 2.45) is 5.92 Å². The zero-order valence-corrected chi connectivity index (χ0v) is 8.19. The maximum atomic E-state index is 13.4. The molecule has 1 aliphatic rings. The van der Waals surface area contributed by atoms with Crippen molar-refractivity contribution >= 4 is 11.6 Å². The molecule has 1 atom stereocenters. The molecule has 1 aliphatic heterocycles. The average Bonchev–Trinajstić information content (AvgIpc) is 2.60. The van der Waals surface area contributed by atoms with Gasteiger partial charge in [-0.15, -0.1) is 6.58 Å². The molecule has 1 saturated heterocycles. The average molecular weight is 206 g/mol. The second kappa shape index (κ2) is 3.81. The van der Waals surface area contributed by atoms with Crippen molar-refractivity contribution in [1.82, 2.24) is 4.98 Å². The Bertz CT molecular complexity index is 405. The largest absolute Gasteiger partial charge is 0.309 e. The van der Waals surface area contributed by atoms with E-state index in [9.17, 15) is 9.18 Å². The number of aromatic nitrogens is 1. The van der Waals surface area contributed by atoms with Gasteiger partial charge in [-0.05, 0) is 6.07 Å². The highest BCUT2D eigenvalue weighted by atomic mass is 19.1. The Hall–Kier alpha value is -1.71. The number of amides is 1. The van der Waals surface area contributed by atoms with Crippen molar-refractivity contribution < 1.29 is 9.18 Å². The van der Waals surface area contributed by atoms with Crippen LogP contribution in [0.25, 0.3) is 0 Å². The van der Waals surface area contributed by atoms with Crippen LogP contribution in [0, 0.1) is 11.7 Å². The minimum atomic E-state index is -0.462. The van der Waals surface area contributed by atoms with Crippen molar-refractivity contribution in [1.29, 1.82) is 0 Å². The fraction of sp³-hybridized carbons (Fsp3) is 0.273. The SMILES string of the molecule is C=CC1CC(=O)N(c2ccncc2F)C1. The highest BCUT2D eigenvalue weighted by molar-refractivity contribution is 5.95. The van der Waals surface area contributed by atoms with Crippen LogP contribution >= 0.6 is 0 Å². The Morgan fingerprint density at radius 2 is 2.47 bits per heavy atom. The van der Waals surface area contributed by atoms with Crippen molar-refractivity contribution in [3.63, 3.8) is 0 Å². The smallest absolute Gasteiger partial charge is 0.227 e. The third kappa shape index (κ3) is 1.75. The summed E-state index contributed by atoms with van der Waals surface area (Å²) in [5, 5.41) is 0. The Morgan fingerprint density at radius 1 is 1.67 bits per heavy atom. The topological polar surface area (TPSA) is 33.2 Å². The van der Waals surface area contributed by atoms with Crippen molar-refractivity contribution in [2.75, 3.05) is 11.4 Å². The van der Waals surface area contributed by atoms with E-state index < -0.39 is 5.82 Å². The van der Waals surface area contributed by atoms with Crippen LogP contribution in [-0.4, -0.2) is 17.4 Å². The number of rotatable bonds is 2. The number of halogens is 1. The lowest BCUT2D eigenvalue weighted by Gasteiger charge is -2.16. The summed E-state index contributed by atoms with van der Waals surface area (Å²) in [6.07, 6.45) is 4.74. The van der Waals surface area contributed by atoms with E-state index in [0.717, 1.165) is 6.20 Å². The molecule has 1 fully saturated rings. The van der Waals surface area contributed by atoms with Gasteiger partial charge in [0.15, 0.2) is 5.82 Å². The molecule has 78 valence electrons. The first-order valence-electron chi connectivity index (χ1n) is 4.75. The molecule has 2 heterocycles. The van der Waals surface area contributed by atoms with Crippen molar-refractivity contribution in [3.8, 4) is 0 Å². The molecule has 4 heteroatoms. The summed E-state index contributed by atoms with van der Waals surface area (Å²) < 4.78 is 13.4. The summed E-state index contributed by atoms with van der Waals surface area (Å²) in [4.78, 5) is 16.7. The number of pyridine rings is 1. The van der Waals surface area contributed by atoms with Crippen LogP contribution in [0.2, 0.25) is 0 Å². The highest BCUT2D eigenvalue weighted by Gasteiger charge is 2.30. The fourth-order valence-corrected chi connectivity index (χ4v) is 1.71. The summed E-state index contributed by atoms with van der Waals surface area (Å²) >= 11 is 0. The lowest BCUT2D eigenvalue weighted by atomic mass is 10.1. The molecule has 0 spiro atoms. The standard InChI is InChI=1S/C11H11FN2O/c1-2-8-5-11(15)14(7-8)10-3-4-13-6-9(10)12/h2-4,6,8H,1,5,7H2. The Labute approximate surface area is 87.2 Å². The molecule has 1 unspecified atom stereocenters. The second-order valence-corrected chi connectivity index (χ2v) is 3.53. The van der Waals surface area contributed by atoms with Gasteiger partial charge in [-0.25, -0.2) is 4.39 Å². The van der Waals surface area contributed by atoms with Gasteiger partial charge in [0.25, 0.3) is 0 Å². The number of carbonyl (C=O) groups excluding carboxylic acids is 1. The zero-order chi connectivity index (χ0) is 10.8. The van der Waals surface area contributed by atoms with Gasteiger partial charge >= 0.3 is 0 Å². The van der Waals surface area contributed by atoms with E-state index in [0.29, 0.717) is 18.7 Å². The van der Waals surface area contributed by atoms with E-state index in [-0.39, 0.29) is 11.8 Å². The molecule has 0 aromatic carbocycles. The van der Waals surface area contributed by atoms with Gasteiger partial charge in [0.2, 0.25) is 5.91 Å². The van der Waals surface area contributed by atoms with Crippen LogP contribution < -0.4 is 4.90 Å². The highest BCUT2D eigenvalue weighted by Crippen LogP contribution is 2.26. The molecular weight excluding hydrogens is 195 g/mol. The molecule has 0 bridgehead atoms. The van der Waals surface area contributed by atoms with Crippen molar-refractivity contribution in [2.45, 2.75) is 6.42 Å². The molecule has 15 heavy (non-hydrogen) atoms. The third-order valence-electron chi connectivity index (χ3n) is 2.53. The molecule has 2 rings (SSSR count). The number of hydrogen-bond donors (Lipinski definition) is 0. The maximum Gasteiger partial charge on any atom is 0.227 e. The van der Waals surface area contributed by atoms with Crippen LogP contribution in [0.5, 0.6) is 0 Å². The minimum absolute atomic E-state index is 0.0648. The van der Waals surface area contributed by atoms with Crippen LogP contribution in [0.15, 0.2) is 31.1 Å². The Morgan fingerprint density at radius 3 is 3.07 bits per heavy atom. The summed E-state index contributed by atoms with van der Waals surface area (Å²) in [5.74, 6) is -0.411. The van der Waals surface area contributed by atoms with Gasteiger partial charge in [-0.2, -0.15) is 0 Å². The van der Waals surface area contributed by atoms with Gasteiger partial charge in [0, 0.05) is 25.1 Å². The van der Waals surface area contributed by atoms with Crippen LogP contribution in [0.1, 0.15) is 6.42 Å². The predicted molar refractivity (Wildman–Crippen MR) is 54.9 cm³/mol. The lowest BCUT2D eigenvalue weighted by molar-refractivity contribution is -0.117. The van der Waals surface area contributed by atoms with Crippen molar-refractivity contribution in [3.05, 3.63) is 36.9 Å². The molecule has 0 saturated carbocycles. The number of anilines is 1. The first kappa shape index (κ1) is 9.83. The van der Waals surface area contributed by atoms with Crippen LogP contribution in [0.3, 0.4) is 0 Å². The van der Waals surface area contributed by atoms with Gasteiger partial charge in [-0.1, -0.05) is 6.08 Å². The van der Waals surface area contributed by atoms with E-state index in [1.807, 2.05) is 0 Å². The molecule has 3 nitrogen and oxygen atoms in total. The number of carbonyl (C=O) groups is 1. The van der Waals surface area contributed by atoms with E-state index in [1.54, 1.807) is 6.08 Å². The van der Waals surface area contributed by atoms with Gasteiger partial charge in [0.1, 0.15) is 0 Å². The van der Waals surface area contributed by atoms with Gasteiger partial charge in [-0.3, -0.25) is 9.78 Å². The maximum absolute atomic E-state index is 13.4. The normalized spacial score (nSPS) is 20.7. The molecule has 1 aromatic rings. The van der Waals surface area contributed by atoms with E-state index in [4.69, 9.17) is 0 Å². The molecular formula is C11H11FN2O. The summed E-state index contributed by atoms with van der Waals surface area (Å²) in [7, 11) is 0. The zero-order valence-electron chi connectivity index (χ0n) is 8.19. The number of hydrogen-bond acceptors (Lipinski definition) is 2. The predicted octanol–water partition coefficient (Wildman–Crippen LogP) is 1.76. The van der Waals surface area contributed by atoms with Gasteiger partial charge < -0.3 is 4.90 Å². The van der Waals surface area contributed by atoms with Crippen LogP contribution in [0.4, 0.5) is 10.1 Å². The monoisotopic (exact) mass is 206 g/mol. The molecule has 0 aliphatic carbocycles. The lowest BCUT2D eigenvalue weighted by Crippen LogP contribution is -2.25. The Kier molecular flexibility index (Phi) is 2.49. The molecule has 1 aromatic heterocycles. The van der Waals surface area contributed by atoms with E-state index in [2.05, 4.69) is 11.6 Å². The third-order valence-corrected chi connectivity index (χ3v) is 2.53. The van der Waals surface area contributed by atoms with Gasteiger partial charge in [0.05, 0.1) is 11.9 Å². The fourth-order valence-electron chi connectivity index (χ4n) is 1.71. The molecule has 0 radical (unpaired) electrons. The quantitative estimate of drug-likeness (QED) is 0.691. The molecule has 0 N–H and O–H groups in total. The first-order chi connectivity index (χ1) is 7.22. The first-order valence-corrected chi connectivity index (χ1v) is 4.75.